The van der Waals surface area contributed by atoms with E-state index in [9.17, 15) is 41.0 Å². The first-order valence-electron chi connectivity index (χ1n) is 14.0. The molecular formula is C35H30F6N2O3. The fourth-order valence-electron chi connectivity index (χ4n) is 5.28. The van der Waals surface area contributed by atoms with Gasteiger partial charge < -0.3 is 15.0 Å². The second-order valence-electron chi connectivity index (χ2n) is 10.8. The number of halogens is 6. The molecule has 0 bridgehead atoms. The molecule has 3 aromatic carbocycles. The summed E-state index contributed by atoms with van der Waals surface area (Å²) in [6.07, 6.45) is -7.27. The lowest BCUT2D eigenvalue weighted by Crippen LogP contribution is -2.28. The van der Waals surface area contributed by atoms with Crippen molar-refractivity contribution in [3.63, 3.8) is 0 Å². The maximum atomic E-state index is 13.7. The number of aliphatic carboxylic acids is 1. The zero-order valence-electron chi connectivity index (χ0n) is 25.1. The molecule has 11 heteroatoms. The summed E-state index contributed by atoms with van der Waals surface area (Å²) in [7, 11) is 0. The summed E-state index contributed by atoms with van der Waals surface area (Å²) in [5, 5.41) is 12.7. The van der Waals surface area contributed by atoms with Crippen LogP contribution in [0.1, 0.15) is 62.4 Å². The smallest absolute Gasteiger partial charge is 0.416 e. The Morgan fingerprint density at radius 1 is 0.935 bits per heavy atom. The van der Waals surface area contributed by atoms with Gasteiger partial charge in [-0.1, -0.05) is 49.6 Å². The first-order valence-corrected chi connectivity index (χ1v) is 14.0. The van der Waals surface area contributed by atoms with Crippen LogP contribution in [0, 0.1) is 13.8 Å². The third kappa shape index (κ3) is 6.93. The maximum absolute atomic E-state index is 13.7. The van der Waals surface area contributed by atoms with Gasteiger partial charge in [-0.3, -0.25) is 4.79 Å². The fraction of sp³-hybridized carbons (Fsp3) is 0.200. The van der Waals surface area contributed by atoms with Crippen LogP contribution in [0.15, 0.2) is 91.5 Å². The standard InChI is InChI=1S/C35H30F6N2O3/c1-6-7-27(33(45)46)20(3)24-10-8-23(9-11-24)18-43-22(5)19(2)29-16-25(12-15-31(29)43)32(44)42-21(4)28-14-13-26(34(36,37)38)17-30(28)35(39,40)41/h6-17,21H,1,3,18H2,2,4-5H3,(H,42,44)(H,45,46)/b27-7+/t21-/m0/s1. The molecule has 1 aromatic heterocycles. The average Bonchev–Trinajstić information content (AvgIpc) is 3.22. The van der Waals surface area contributed by atoms with E-state index in [4.69, 9.17) is 0 Å². The highest BCUT2D eigenvalue weighted by molar-refractivity contribution is 6.05. The van der Waals surface area contributed by atoms with Crippen molar-refractivity contribution in [1.82, 2.24) is 9.88 Å². The van der Waals surface area contributed by atoms with E-state index < -0.39 is 47.0 Å². The van der Waals surface area contributed by atoms with E-state index in [-0.39, 0.29) is 17.2 Å². The summed E-state index contributed by atoms with van der Waals surface area (Å²) in [5.41, 5.74) is 1.29. The lowest BCUT2D eigenvalue weighted by Gasteiger charge is -2.21. The van der Waals surface area contributed by atoms with Crippen LogP contribution in [0.25, 0.3) is 16.5 Å². The first kappa shape index (κ1) is 33.8. The molecule has 1 heterocycles. The molecule has 1 atom stereocenters. The number of nitrogens with zero attached hydrogens (tertiary/aromatic N) is 1. The van der Waals surface area contributed by atoms with Crippen LogP contribution in [0.5, 0.6) is 0 Å². The van der Waals surface area contributed by atoms with Gasteiger partial charge in [-0.2, -0.15) is 26.3 Å². The molecule has 4 rings (SSSR count). The van der Waals surface area contributed by atoms with Crippen molar-refractivity contribution in [2.45, 2.75) is 45.7 Å². The molecule has 240 valence electrons. The second kappa shape index (κ2) is 12.7. The van der Waals surface area contributed by atoms with Gasteiger partial charge in [0, 0.05) is 28.7 Å². The van der Waals surface area contributed by atoms with E-state index in [0.717, 1.165) is 33.8 Å². The second-order valence-corrected chi connectivity index (χ2v) is 10.8. The predicted molar refractivity (Wildman–Crippen MR) is 164 cm³/mol. The van der Waals surface area contributed by atoms with Crippen molar-refractivity contribution in [2.75, 3.05) is 0 Å². The summed E-state index contributed by atoms with van der Waals surface area (Å²) in [4.78, 5) is 24.7. The van der Waals surface area contributed by atoms with E-state index in [1.165, 1.54) is 25.1 Å². The van der Waals surface area contributed by atoms with E-state index in [1.54, 1.807) is 24.3 Å². The van der Waals surface area contributed by atoms with Gasteiger partial charge in [0.15, 0.2) is 0 Å². The lowest BCUT2D eigenvalue weighted by atomic mass is 9.97. The Bertz CT molecular complexity index is 1880. The number of rotatable bonds is 9. The number of benzene rings is 3. The van der Waals surface area contributed by atoms with E-state index in [2.05, 4.69) is 18.5 Å². The SMILES string of the molecule is C=C/C=C(\C(=C)c1ccc(Cn2c(C)c(C)c3cc(C(=O)N[C@@H](C)c4ccc(C(F)(F)F)cc4C(F)(F)F)ccc32)cc1)C(=O)O. The molecule has 5 nitrogen and oxygen atoms in total. The largest absolute Gasteiger partial charge is 0.478 e. The van der Waals surface area contributed by atoms with Crippen molar-refractivity contribution in [3.05, 3.63) is 136 Å². The number of carboxylic acid groups (broad SMARTS) is 1. The van der Waals surface area contributed by atoms with Crippen molar-refractivity contribution in [1.29, 1.82) is 0 Å². The molecule has 0 aliphatic carbocycles. The highest BCUT2D eigenvalue weighted by Crippen LogP contribution is 2.39. The molecule has 0 saturated heterocycles. The number of alkyl halides is 6. The van der Waals surface area contributed by atoms with Crippen molar-refractivity contribution < 1.29 is 41.0 Å². The minimum absolute atomic E-state index is 0.0278. The van der Waals surface area contributed by atoms with Crippen LogP contribution in [-0.2, 0) is 23.7 Å². The molecule has 0 saturated carbocycles. The highest BCUT2D eigenvalue weighted by atomic mass is 19.4. The number of carbonyl (C=O) groups is 2. The number of aromatic nitrogens is 1. The topological polar surface area (TPSA) is 71.3 Å². The number of allylic oxidation sites excluding steroid dienone is 2. The Morgan fingerprint density at radius 2 is 1.57 bits per heavy atom. The Kier molecular flexibility index (Phi) is 9.37. The number of carboxylic acids is 1. The van der Waals surface area contributed by atoms with Gasteiger partial charge in [-0.05, 0) is 85.0 Å². The molecule has 1 amide bonds. The minimum Gasteiger partial charge on any atom is -0.478 e. The summed E-state index contributed by atoms with van der Waals surface area (Å²) in [6.45, 7) is 13.0. The molecule has 0 aliphatic heterocycles. The number of hydrogen-bond acceptors (Lipinski definition) is 2. The van der Waals surface area contributed by atoms with Crippen molar-refractivity contribution >= 4 is 28.4 Å². The van der Waals surface area contributed by atoms with Gasteiger partial charge in [0.1, 0.15) is 0 Å². The monoisotopic (exact) mass is 640 g/mol. The molecule has 46 heavy (non-hydrogen) atoms. The fourth-order valence-corrected chi connectivity index (χ4v) is 5.28. The molecular weight excluding hydrogens is 610 g/mol. The number of nitrogens with one attached hydrogen (secondary N) is 1. The molecule has 0 radical (unpaired) electrons. The van der Waals surface area contributed by atoms with Gasteiger partial charge in [0.2, 0.25) is 0 Å². The maximum Gasteiger partial charge on any atom is 0.416 e. The van der Waals surface area contributed by atoms with Crippen LogP contribution < -0.4 is 5.32 Å². The number of carbonyl (C=O) groups excluding carboxylic acids is 1. The minimum atomic E-state index is -5.07. The third-order valence-electron chi connectivity index (χ3n) is 7.88. The van der Waals surface area contributed by atoms with E-state index in [0.29, 0.717) is 23.7 Å². The third-order valence-corrected chi connectivity index (χ3v) is 7.88. The van der Waals surface area contributed by atoms with Gasteiger partial charge in [-0.25, -0.2) is 4.79 Å². The zero-order valence-corrected chi connectivity index (χ0v) is 25.1. The van der Waals surface area contributed by atoms with E-state index >= 15 is 0 Å². The van der Waals surface area contributed by atoms with Gasteiger partial charge in [0.05, 0.1) is 22.7 Å². The number of fused-ring (bicyclic) bond motifs is 1. The molecule has 0 fully saturated rings. The number of aryl methyl sites for hydroxylation is 1. The summed E-state index contributed by atoms with van der Waals surface area (Å²) >= 11 is 0. The quantitative estimate of drug-likeness (QED) is 0.109. The first-order chi connectivity index (χ1) is 21.4. The molecule has 0 spiro atoms. The molecule has 0 unspecified atom stereocenters. The molecule has 4 aromatic rings. The normalized spacial score (nSPS) is 13.0. The van der Waals surface area contributed by atoms with Crippen LogP contribution in [-0.4, -0.2) is 21.6 Å². The van der Waals surface area contributed by atoms with Crippen LogP contribution >= 0.6 is 0 Å². The zero-order chi connectivity index (χ0) is 34.1. The average molecular weight is 641 g/mol. The number of amides is 1. The van der Waals surface area contributed by atoms with Crippen molar-refractivity contribution in [2.24, 2.45) is 0 Å². The Hall–Kier alpha value is -5.06. The predicted octanol–water partition coefficient (Wildman–Crippen LogP) is 9.05. The Morgan fingerprint density at radius 3 is 2.13 bits per heavy atom. The Balaban J connectivity index is 1.58. The molecule has 0 aliphatic rings. The van der Waals surface area contributed by atoms with Crippen molar-refractivity contribution in [3.8, 4) is 0 Å². The molecule has 2 N–H and O–H groups in total. The Labute approximate surface area is 261 Å². The van der Waals surface area contributed by atoms with Gasteiger partial charge >= 0.3 is 18.3 Å². The van der Waals surface area contributed by atoms with Gasteiger partial charge in [-0.15, -0.1) is 0 Å². The van der Waals surface area contributed by atoms with Crippen LogP contribution in [0.4, 0.5) is 26.3 Å². The van der Waals surface area contributed by atoms with Gasteiger partial charge in [0.25, 0.3) is 5.91 Å². The highest BCUT2D eigenvalue weighted by Gasteiger charge is 2.39. The summed E-state index contributed by atoms with van der Waals surface area (Å²) in [6, 6.07) is 12.2. The van der Waals surface area contributed by atoms with Crippen LogP contribution in [0.3, 0.4) is 0 Å². The van der Waals surface area contributed by atoms with E-state index in [1.807, 2.05) is 30.5 Å². The summed E-state index contributed by atoms with van der Waals surface area (Å²) in [5.74, 6) is -1.80. The lowest BCUT2D eigenvalue weighted by molar-refractivity contribution is -0.143. The summed E-state index contributed by atoms with van der Waals surface area (Å²) < 4.78 is 82.4. The van der Waals surface area contributed by atoms with Crippen LogP contribution in [0.2, 0.25) is 0 Å². The number of hydrogen-bond donors (Lipinski definition) is 2.